The second-order valence-corrected chi connectivity index (χ2v) is 7.49. The molecule has 3 aromatic rings. The molecule has 0 atom stereocenters. The first-order chi connectivity index (χ1) is 14.2. The lowest BCUT2D eigenvalue weighted by atomic mass is 10.1. The van der Waals surface area contributed by atoms with Gasteiger partial charge in [-0.05, 0) is 18.9 Å². The van der Waals surface area contributed by atoms with Gasteiger partial charge in [-0.2, -0.15) is 13.2 Å². The molecule has 2 aliphatic rings. The highest BCUT2D eigenvalue weighted by Crippen LogP contribution is 2.45. The zero-order valence-corrected chi connectivity index (χ0v) is 15.4. The zero-order chi connectivity index (χ0) is 21.3. The van der Waals surface area contributed by atoms with Crippen molar-refractivity contribution in [3.63, 3.8) is 0 Å². The lowest BCUT2D eigenvalue weighted by Gasteiger charge is -2.37. The Morgan fingerprint density at radius 1 is 1.10 bits per heavy atom. The van der Waals surface area contributed by atoms with Gasteiger partial charge in [0.2, 0.25) is 0 Å². The van der Waals surface area contributed by atoms with Crippen LogP contribution in [0.2, 0.25) is 0 Å². The number of phenols is 1. The molecule has 0 amide bonds. The number of imidazole rings is 1. The summed E-state index contributed by atoms with van der Waals surface area (Å²) in [5.41, 5.74) is -1.94. The van der Waals surface area contributed by atoms with Crippen LogP contribution < -0.4 is 4.90 Å². The van der Waals surface area contributed by atoms with Crippen molar-refractivity contribution in [3.05, 3.63) is 41.9 Å². The number of phenolic OH excluding ortho intramolecular Hbond substituents is 1. The van der Waals surface area contributed by atoms with E-state index >= 15 is 0 Å². The molecule has 0 bridgehead atoms. The third kappa shape index (κ3) is 2.79. The van der Waals surface area contributed by atoms with Crippen LogP contribution in [0.3, 0.4) is 0 Å². The van der Waals surface area contributed by atoms with Crippen molar-refractivity contribution in [2.24, 2.45) is 0 Å². The molecule has 30 heavy (non-hydrogen) atoms. The number of anilines is 1. The molecule has 1 saturated heterocycles. The Hall–Kier alpha value is -2.95. The van der Waals surface area contributed by atoms with Crippen molar-refractivity contribution in [2.45, 2.75) is 24.6 Å². The van der Waals surface area contributed by atoms with E-state index in [9.17, 15) is 27.1 Å². The maximum atomic E-state index is 14.5. The van der Waals surface area contributed by atoms with Crippen molar-refractivity contribution in [3.8, 4) is 11.4 Å². The molecule has 158 valence electrons. The summed E-state index contributed by atoms with van der Waals surface area (Å²) in [5.74, 6) is -4.63. The monoisotopic (exact) mass is 426 g/mol. The molecule has 1 aliphatic carbocycles. The fraction of sp³-hybridized carbons (Fsp3) is 0.368. The van der Waals surface area contributed by atoms with Crippen LogP contribution >= 0.6 is 0 Å². The largest absolute Gasteiger partial charge is 0.503 e. The van der Waals surface area contributed by atoms with Crippen LogP contribution in [-0.4, -0.2) is 44.9 Å². The number of pyridine rings is 1. The Labute approximate surface area is 166 Å². The lowest BCUT2D eigenvalue weighted by molar-refractivity contribution is -0.140. The van der Waals surface area contributed by atoms with Crippen molar-refractivity contribution in [2.75, 3.05) is 24.7 Å². The standard InChI is InChI=1S/C19H15F5N4O2/c20-15-10(19(22,23)24)5-12(16(21)17(15)29)27-9-26-11-6-14(25-7-13(11)27)28-3-4-30-8-18(28)1-2-18/h5-7,9,29H,1-4,8H2. The number of aromatic nitrogens is 3. The number of alkyl halides is 3. The van der Waals surface area contributed by atoms with E-state index in [-0.39, 0.29) is 11.1 Å². The van der Waals surface area contributed by atoms with Crippen molar-refractivity contribution in [1.29, 1.82) is 0 Å². The van der Waals surface area contributed by atoms with Crippen molar-refractivity contribution >= 4 is 16.9 Å². The predicted octanol–water partition coefficient (Wildman–Crippen LogP) is 3.79. The summed E-state index contributed by atoms with van der Waals surface area (Å²) in [7, 11) is 0. The van der Waals surface area contributed by atoms with Gasteiger partial charge >= 0.3 is 6.18 Å². The first kappa shape index (κ1) is 19.0. The van der Waals surface area contributed by atoms with Gasteiger partial charge in [0.25, 0.3) is 0 Å². The Morgan fingerprint density at radius 3 is 2.57 bits per heavy atom. The number of morpholine rings is 1. The van der Waals surface area contributed by atoms with Gasteiger partial charge in [0.05, 0.1) is 47.2 Å². The number of aromatic hydroxyl groups is 1. The summed E-state index contributed by atoms with van der Waals surface area (Å²) in [6.45, 7) is 1.80. The summed E-state index contributed by atoms with van der Waals surface area (Å²) < 4.78 is 74.1. The van der Waals surface area contributed by atoms with Crippen LogP contribution in [0.5, 0.6) is 5.75 Å². The number of rotatable bonds is 2. The summed E-state index contributed by atoms with van der Waals surface area (Å²) in [4.78, 5) is 10.7. The van der Waals surface area contributed by atoms with E-state index in [1.807, 2.05) is 0 Å². The molecule has 1 N–H and O–H groups in total. The molecular formula is C19H15F5N4O2. The third-order valence-corrected chi connectivity index (χ3v) is 5.65. The van der Waals surface area contributed by atoms with E-state index in [0.29, 0.717) is 37.2 Å². The maximum absolute atomic E-state index is 14.5. The molecule has 1 spiro atoms. The average molecular weight is 426 g/mol. The van der Waals surface area contributed by atoms with Gasteiger partial charge in [-0.1, -0.05) is 0 Å². The Balaban J connectivity index is 1.61. The highest BCUT2D eigenvalue weighted by molar-refractivity contribution is 5.80. The van der Waals surface area contributed by atoms with Crippen LogP contribution in [0.15, 0.2) is 24.7 Å². The first-order valence-electron chi connectivity index (χ1n) is 9.18. The summed E-state index contributed by atoms with van der Waals surface area (Å²) in [6.07, 6.45) is -0.682. The second-order valence-electron chi connectivity index (χ2n) is 7.49. The van der Waals surface area contributed by atoms with Gasteiger partial charge in [0, 0.05) is 12.6 Å². The van der Waals surface area contributed by atoms with Crippen molar-refractivity contribution in [1.82, 2.24) is 14.5 Å². The lowest BCUT2D eigenvalue weighted by Crippen LogP contribution is -2.48. The number of halogens is 5. The van der Waals surface area contributed by atoms with E-state index in [0.717, 1.165) is 23.7 Å². The first-order valence-corrected chi connectivity index (χ1v) is 9.18. The molecule has 1 saturated carbocycles. The molecule has 6 nitrogen and oxygen atoms in total. The highest BCUT2D eigenvalue weighted by atomic mass is 19.4. The average Bonchev–Trinajstić information content (AvgIpc) is 3.34. The van der Waals surface area contributed by atoms with Gasteiger partial charge in [-0.25, -0.2) is 18.7 Å². The Kier molecular flexibility index (Phi) is 3.98. The second kappa shape index (κ2) is 6.27. The molecule has 1 aliphatic heterocycles. The molecule has 2 fully saturated rings. The van der Waals surface area contributed by atoms with E-state index < -0.39 is 34.8 Å². The van der Waals surface area contributed by atoms with Crippen LogP contribution in [0.1, 0.15) is 18.4 Å². The van der Waals surface area contributed by atoms with Crippen LogP contribution in [0.25, 0.3) is 16.7 Å². The topological polar surface area (TPSA) is 63.4 Å². The Morgan fingerprint density at radius 2 is 1.87 bits per heavy atom. The van der Waals surface area contributed by atoms with Gasteiger partial charge in [-0.3, -0.25) is 4.57 Å². The Bertz CT molecular complexity index is 1160. The highest BCUT2D eigenvalue weighted by Gasteiger charge is 2.50. The summed E-state index contributed by atoms with van der Waals surface area (Å²) in [6, 6.07) is 1.98. The van der Waals surface area contributed by atoms with Gasteiger partial charge in [0.1, 0.15) is 12.1 Å². The van der Waals surface area contributed by atoms with Gasteiger partial charge in [0.15, 0.2) is 17.4 Å². The number of benzene rings is 1. The normalized spacial score (nSPS) is 18.4. The molecule has 2 aromatic heterocycles. The smallest absolute Gasteiger partial charge is 0.419 e. The molecule has 11 heteroatoms. The number of nitrogens with zero attached hydrogens (tertiary/aromatic N) is 4. The zero-order valence-electron chi connectivity index (χ0n) is 15.4. The van der Waals surface area contributed by atoms with Crippen LogP contribution in [0.4, 0.5) is 27.8 Å². The SMILES string of the molecule is Oc1c(F)c(-n2cnc3cc(N4CCOCC45CC5)ncc32)cc(C(F)(F)F)c1F. The summed E-state index contributed by atoms with van der Waals surface area (Å²) >= 11 is 0. The summed E-state index contributed by atoms with van der Waals surface area (Å²) in [5, 5.41) is 9.56. The predicted molar refractivity (Wildman–Crippen MR) is 95.6 cm³/mol. The molecule has 0 radical (unpaired) electrons. The van der Waals surface area contributed by atoms with E-state index in [1.54, 1.807) is 6.07 Å². The number of ether oxygens (including phenoxy) is 1. The quantitative estimate of drug-likeness (QED) is 0.632. The number of hydrogen-bond acceptors (Lipinski definition) is 5. The van der Waals surface area contributed by atoms with E-state index in [1.165, 1.54) is 6.20 Å². The van der Waals surface area contributed by atoms with Crippen molar-refractivity contribution < 1.29 is 31.8 Å². The maximum Gasteiger partial charge on any atom is 0.419 e. The molecular weight excluding hydrogens is 411 g/mol. The van der Waals surface area contributed by atoms with E-state index in [4.69, 9.17) is 4.74 Å². The molecule has 5 rings (SSSR count). The molecule has 1 aromatic carbocycles. The molecule has 3 heterocycles. The third-order valence-electron chi connectivity index (χ3n) is 5.65. The van der Waals surface area contributed by atoms with E-state index in [2.05, 4.69) is 14.9 Å². The van der Waals surface area contributed by atoms with Gasteiger partial charge in [-0.15, -0.1) is 0 Å². The fourth-order valence-corrected chi connectivity index (χ4v) is 3.88. The van der Waals surface area contributed by atoms with Crippen LogP contribution in [0, 0.1) is 11.6 Å². The van der Waals surface area contributed by atoms with Crippen LogP contribution in [-0.2, 0) is 10.9 Å². The minimum Gasteiger partial charge on any atom is -0.503 e. The number of hydrogen-bond donors (Lipinski definition) is 1. The van der Waals surface area contributed by atoms with Gasteiger partial charge < -0.3 is 14.7 Å². The molecule has 0 unspecified atom stereocenters. The minimum atomic E-state index is -5.11. The minimum absolute atomic E-state index is 0.0854. The number of fused-ring (bicyclic) bond motifs is 1. The fourth-order valence-electron chi connectivity index (χ4n) is 3.88.